The molecule has 4 aromatic carbocycles. The van der Waals surface area contributed by atoms with E-state index >= 15 is 0 Å². The van der Waals surface area contributed by atoms with Crippen LogP contribution in [0.4, 0.5) is 11.4 Å². The largest absolute Gasteiger partial charge is 0.491 e. The second-order valence-corrected chi connectivity index (χ2v) is 9.11. The minimum atomic E-state index is -0.539. The van der Waals surface area contributed by atoms with Crippen LogP contribution >= 0.6 is 0 Å². The molecule has 0 aliphatic carbocycles. The predicted octanol–water partition coefficient (Wildman–Crippen LogP) is 6.63. The summed E-state index contributed by atoms with van der Waals surface area (Å²) in [6, 6.07) is 36.1. The lowest BCUT2D eigenvalue weighted by atomic mass is 10.1. The fourth-order valence-electron chi connectivity index (χ4n) is 3.92. The number of nitrogens with zero attached hydrogens (tertiary/aromatic N) is 2. The van der Waals surface area contributed by atoms with Gasteiger partial charge in [-0.25, -0.2) is 0 Å². The molecule has 2 N–H and O–H groups in total. The van der Waals surface area contributed by atoms with Crippen molar-refractivity contribution >= 4 is 35.3 Å². The third-order valence-electron chi connectivity index (χ3n) is 6.03. The molecule has 0 unspecified atom stereocenters. The van der Waals surface area contributed by atoms with Crippen LogP contribution in [0, 0.1) is 22.7 Å². The fraction of sp³-hybridized carbons (Fsp3) is 0.0857. The average molecular weight is 569 g/mol. The van der Waals surface area contributed by atoms with Gasteiger partial charge < -0.3 is 20.1 Å². The SMILES string of the molecule is N#C/C(=C/c1ccccc1)C(=O)Nc1ccccc1OCCCOc1ccccc1NC(=O)/C(C#N)=C\c1ccccc1. The molecule has 0 saturated carbocycles. The van der Waals surface area contributed by atoms with E-state index in [-0.39, 0.29) is 24.4 Å². The van der Waals surface area contributed by atoms with E-state index in [2.05, 4.69) is 10.6 Å². The number of nitrogens with one attached hydrogen (secondary N) is 2. The summed E-state index contributed by atoms with van der Waals surface area (Å²) in [6.45, 7) is 0.565. The van der Waals surface area contributed by atoms with E-state index in [1.54, 1.807) is 48.5 Å². The quantitative estimate of drug-likeness (QED) is 0.112. The van der Waals surface area contributed by atoms with Crippen molar-refractivity contribution in [1.29, 1.82) is 10.5 Å². The van der Waals surface area contributed by atoms with Crippen LogP contribution in [0.5, 0.6) is 11.5 Å². The van der Waals surface area contributed by atoms with E-state index in [1.165, 1.54) is 12.2 Å². The standard InChI is InChI=1S/C35H28N4O4/c36-24-28(22-26-12-3-1-4-13-26)34(40)38-30-16-7-9-18-32(30)42-20-11-21-43-33-19-10-8-17-31(33)39-35(41)29(25-37)23-27-14-5-2-6-15-27/h1-10,12-19,22-23H,11,20-21H2,(H,38,40)(H,39,41)/b28-22-,29-23-. The van der Waals surface area contributed by atoms with Gasteiger partial charge in [-0.05, 0) is 47.5 Å². The second-order valence-electron chi connectivity index (χ2n) is 9.11. The van der Waals surface area contributed by atoms with Crippen LogP contribution in [0.2, 0.25) is 0 Å². The van der Waals surface area contributed by atoms with Gasteiger partial charge in [-0.2, -0.15) is 10.5 Å². The number of ether oxygens (including phenoxy) is 2. The topological polar surface area (TPSA) is 124 Å². The third kappa shape index (κ3) is 8.94. The van der Waals surface area contributed by atoms with Crippen LogP contribution in [-0.4, -0.2) is 25.0 Å². The number of rotatable bonds is 12. The Bertz CT molecular complexity index is 1570. The Kier molecular flexibility index (Phi) is 10.8. The first-order valence-electron chi connectivity index (χ1n) is 13.5. The monoisotopic (exact) mass is 568 g/mol. The Morgan fingerprint density at radius 3 is 1.35 bits per heavy atom. The normalized spacial score (nSPS) is 11.0. The zero-order chi connectivity index (χ0) is 30.3. The number of benzene rings is 4. The maximum atomic E-state index is 12.8. The summed E-state index contributed by atoms with van der Waals surface area (Å²) >= 11 is 0. The fourth-order valence-corrected chi connectivity index (χ4v) is 3.92. The highest BCUT2D eigenvalue weighted by Crippen LogP contribution is 2.26. The molecule has 0 bridgehead atoms. The number of anilines is 2. The highest BCUT2D eigenvalue weighted by molar-refractivity contribution is 6.11. The number of carbonyl (C=O) groups excluding carboxylic acids is 2. The second kappa shape index (κ2) is 15.6. The van der Waals surface area contributed by atoms with Gasteiger partial charge in [0.15, 0.2) is 0 Å². The first kappa shape index (κ1) is 29.9. The lowest BCUT2D eigenvalue weighted by molar-refractivity contribution is -0.113. The molecule has 0 aliphatic heterocycles. The highest BCUT2D eigenvalue weighted by atomic mass is 16.5. The van der Waals surface area contributed by atoms with E-state index in [9.17, 15) is 20.1 Å². The van der Waals surface area contributed by atoms with Gasteiger partial charge in [-0.3, -0.25) is 9.59 Å². The van der Waals surface area contributed by atoms with Gasteiger partial charge in [0.1, 0.15) is 34.8 Å². The number of hydrogen-bond acceptors (Lipinski definition) is 6. The van der Waals surface area contributed by atoms with Gasteiger partial charge >= 0.3 is 0 Å². The molecule has 8 heteroatoms. The average Bonchev–Trinajstić information content (AvgIpc) is 3.04. The van der Waals surface area contributed by atoms with E-state index < -0.39 is 11.8 Å². The minimum absolute atomic E-state index is 0.0300. The molecule has 4 aromatic rings. The Hall–Kier alpha value is -6.12. The third-order valence-corrected chi connectivity index (χ3v) is 6.03. The van der Waals surface area contributed by atoms with Crippen molar-refractivity contribution in [3.05, 3.63) is 131 Å². The van der Waals surface area contributed by atoms with E-state index in [1.807, 2.05) is 72.8 Å². The van der Waals surface area contributed by atoms with Crippen molar-refractivity contribution in [2.45, 2.75) is 6.42 Å². The Labute approximate surface area is 250 Å². The van der Waals surface area contributed by atoms with E-state index in [0.29, 0.717) is 29.3 Å². The Balaban J connectivity index is 1.31. The molecule has 0 spiro atoms. The summed E-state index contributed by atoms with van der Waals surface area (Å²) < 4.78 is 11.8. The van der Waals surface area contributed by atoms with Crippen molar-refractivity contribution < 1.29 is 19.1 Å². The lowest BCUT2D eigenvalue weighted by Gasteiger charge is -2.14. The van der Waals surface area contributed by atoms with Crippen molar-refractivity contribution in [1.82, 2.24) is 0 Å². The molecule has 4 rings (SSSR count). The summed E-state index contributed by atoms with van der Waals surface area (Å²) in [5, 5.41) is 24.5. The van der Waals surface area contributed by atoms with Gasteiger partial charge in [-0.15, -0.1) is 0 Å². The molecular formula is C35H28N4O4. The summed E-state index contributed by atoms with van der Waals surface area (Å²) in [7, 11) is 0. The molecule has 0 heterocycles. The van der Waals surface area contributed by atoms with Crippen LogP contribution in [0.3, 0.4) is 0 Å². The summed E-state index contributed by atoms with van der Waals surface area (Å²) in [4.78, 5) is 25.5. The molecule has 2 amide bonds. The number of carbonyl (C=O) groups is 2. The molecule has 0 saturated heterocycles. The summed E-state index contributed by atoms with van der Waals surface area (Å²) in [5.74, 6) is -0.172. The predicted molar refractivity (Wildman–Crippen MR) is 166 cm³/mol. The molecular weight excluding hydrogens is 540 g/mol. The number of nitriles is 2. The van der Waals surface area contributed by atoms with Crippen molar-refractivity contribution in [3.8, 4) is 23.6 Å². The van der Waals surface area contributed by atoms with E-state index in [0.717, 1.165) is 11.1 Å². The molecule has 8 nitrogen and oxygen atoms in total. The summed E-state index contributed by atoms with van der Waals surface area (Å²) in [5.41, 5.74) is 2.30. The van der Waals surface area contributed by atoms with Crippen LogP contribution in [-0.2, 0) is 9.59 Å². The van der Waals surface area contributed by atoms with Gasteiger partial charge in [0.2, 0.25) is 0 Å². The number of hydrogen-bond donors (Lipinski definition) is 2. The molecule has 212 valence electrons. The Morgan fingerprint density at radius 2 is 0.953 bits per heavy atom. The summed E-state index contributed by atoms with van der Waals surface area (Å²) in [6.07, 6.45) is 3.55. The maximum Gasteiger partial charge on any atom is 0.266 e. The first-order chi connectivity index (χ1) is 21.1. The molecule has 0 fully saturated rings. The lowest BCUT2D eigenvalue weighted by Crippen LogP contribution is -2.15. The molecule has 0 atom stereocenters. The van der Waals surface area contributed by atoms with Gasteiger partial charge in [0, 0.05) is 6.42 Å². The minimum Gasteiger partial charge on any atom is -0.491 e. The van der Waals surface area contributed by atoms with Gasteiger partial charge in [0.25, 0.3) is 11.8 Å². The molecule has 0 aliphatic rings. The van der Waals surface area contributed by atoms with Crippen LogP contribution in [0.1, 0.15) is 17.5 Å². The van der Waals surface area contributed by atoms with Crippen LogP contribution in [0.15, 0.2) is 120 Å². The molecule has 0 aromatic heterocycles. The first-order valence-corrected chi connectivity index (χ1v) is 13.5. The smallest absolute Gasteiger partial charge is 0.266 e. The zero-order valence-corrected chi connectivity index (χ0v) is 23.2. The van der Waals surface area contributed by atoms with Crippen molar-refractivity contribution in [2.24, 2.45) is 0 Å². The number of amides is 2. The van der Waals surface area contributed by atoms with E-state index in [4.69, 9.17) is 9.47 Å². The van der Waals surface area contributed by atoms with Crippen molar-refractivity contribution in [2.75, 3.05) is 23.8 Å². The van der Waals surface area contributed by atoms with Gasteiger partial charge in [0.05, 0.1) is 24.6 Å². The molecule has 43 heavy (non-hydrogen) atoms. The number of para-hydroxylation sites is 4. The van der Waals surface area contributed by atoms with Crippen molar-refractivity contribution in [3.63, 3.8) is 0 Å². The van der Waals surface area contributed by atoms with Gasteiger partial charge in [-0.1, -0.05) is 84.9 Å². The highest BCUT2D eigenvalue weighted by Gasteiger charge is 2.14. The maximum absolute atomic E-state index is 12.8. The molecule has 0 radical (unpaired) electrons. The zero-order valence-electron chi connectivity index (χ0n) is 23.2. The van der Waals surface area contributed by atoms with Crippen LogP contribution < -0.4 is 20.1 Å². The van der Waals surface area contributed by atoms with Crippen LogP contribution in [0.25, 0.3) is 12.2 Å². The Morgan fingerprint density at radius 1 is 0.581 bits per heavy atom.